The molecule has 1 unspecified atom stereocenters. The average molecular weight is 554 g/mol. The van der Waals surface area contributed by atoms with Crippen LogP contribution < -0.4 is 19.1 Å². The van der Waals surface area contributed by atoms with E-state index in [1.807, 2.05) is 24.3 Å². The number of fused-ring (bicyclic) bond motifs is 1. The van der Waals surface area contributed by atoms with Crippen LogP contribution in [-0.4, -0.2) is 56.8 Å². The van der Waals surface area contributed by atoms with Gasteiger partial charge in [-0.25, -0.2) is 8.42 Å². The number of hydrogen-bond donors (Lipinski definition) is 1. The second-order valence-corrected chi connectivity index (χ2v) is 10.8. The summed E-state index contributed by atoms with van der Waals surface area (Å²) in [4.78, 5) is 27.5. The van der Waals surface area contributed by atoms with Crippen molar-refractivity contribution >= 4 is 43.5 Å². The number of likely N-dealkylation sites (N-methyl/N-ethyl adjacent to an activating group) is 1. The Labute approximate surface area is 208 Å². The zero-order chi connectivity index (χ0) is 24.9. The molecule has 1 atom stereocenters. The van der Waals surface area contributed by atoms with Gasteiger partial charge >= 0.3 is 0 Å². The monoisotopic (exact) mass is 553 g/mol. The van der Waals surface area contributed by atoms with Crippen molar-refractivity contribution in [3.63, 3.8) is 0 Å². The fourth-order valence-corrected chi connectivity index (χ4v) is 5.00. The molecule has 2 amide bonds. The topological polar surface area (TPSA) is 105 Å². The summed E-state index contributed by atoms with van der Waals surface area (Å²) in [6.07, 6.45) is 0. The van der Waals surface area contributed by atoms with Gasteiger partial charge in [0.25, 0.3) is 0 Å². The van der Waals surface area contributed by atoms with Crippen molar-refractivity contribution in [2.45, 2.75) is 33.4 Å². The molecule has 0 bridgehead atoms. The molecule has 11 heteroatoms. The Morgan fingerprint density at radius 1 is 1.12 bits per heavy atom. The molecule has 0 aliphatic carbocycles. The van der Waals surface area contributed by atoms with Crippen LogP contribution in [0.4, 0.5) is 5.69 Å². The van der Waals surface area contributed by atoms with E-state index < -0.39 is 28.5 Å². The quantitative estimate of drug-likeness (QED) is 0.485. The maximum Gasteiger partial charge on any atom is 0.244 e. The van der Waals surface area contributed by atoms with Crippen LogP contribution in [0.2, 0.25) is 0 Å². The van der Waals surface area contributed by atoms with Gasteiger partial charge in [0.05, 0.1) is 11.4 Å². The van der Waals surface area contributed by atoms with Gasteiger partial charge in [-0.1, -0.05) is 28.1 Å². The summed E-state index contributed by atoms with van der Waals surface area (Å²) < 4.78 is 38.5. The van der Waals surface area contributed by atoms with Gasteiger partial charge in [0.15, 0.2) is 11.5 Å². The van der Waals surface area contributed by atoms with E-state index in [4.69, 9.17) is 9.47 Å². The minimum absolute atomic E-state index is 0.0444. The fourth-order valence-electron chi connectivity index (χ4n) is 3.50. The Hall–Kier alpha value is -2.79. The number of amides is 2. The highest BCUT2D eigenvalue weighted by Crippen LogP contribution is 2.36. The number of sulfonamides is 1. The summed E-state index contributed by atoms with van der Waals surface area (Å²) in [5.41, 5.74) is 1.08. The summed E-state index contributed by atoms with van der Waals surface area (Å²) in [7, 11) is -3.81. The highest BCUT2D eigenvalue weighted by Gasteiger charge is 2.31. The number of nitrogens with one attached hydrogen (secondary N) is 1. The van der Waals surface area contributed by atoms with Gasteiger partial charge in [0, 0.05) is 23.6 Å². The third kappa shape index (κ3) is 6.01. The first kappa shape index (κ1) is 25.8. The molecule has 0 aromatic heterocycles. The van der Waals surface area contributed by atoms with Gasteiger partial charge < -0.3 is 19.7 Å². The number of benzene rings is 2. The highest BCUT2D eigenvalue weighted by atomic mass is 79.9. The molecular formula is C23H28BrN3O6S. The number of halogens is 1. The van der Waals surface area contributed by atoms with Gasteiger partial charge in [0.2, 0.25) is 28.6 Å². The van der Waals surface area contributed by atoms with Crippen LogP contribution in [0.3, 0.4) is 0 Å². The van der Waals surface area contributed by atoms with E-state index in [2.05, 4.69) is 21.2 Å². The first-order valence-electron chi connectivity index (χ1n) is 10.9. The number of carbonyl (C=O) groups excluding carboxylic acids is 2. The lowest BCUT2D eigenvalue weighted by molar-refractivity contribution is -0.139. The lowest BCUT2D eigenvalue weighted by atomic mass is 10.1. The second kappa shape index (κ2) is 11.1. The molecule has 1 N–H and O–H groups in total. The summed E-state index contributed by atoms with van der Waals surface area (Å²) >= 11 is 3.42. The van der Waals surface area contributed by atoms with Crippen LogP contribution in [-0.2, 0) is 26.2 Å². The van der Waals surface area contributed by atoms with Gasteiger partial charge in [-0.15, -0.1) is 0 Å². The Balaban J connectivity index is 1.94. The van der Waals surface area contributed by atoms with Crippen LogP contribution in [0.25, 0.3) is 0 Å². The van der Waals surface area contributed by atoms with Crippen molar-refractivity contribution in [2.24, 2.45) is 0 Å². The lowest BCUT2D eigenvalue weighted by Crippen LogP contribution is -2.51. The number of nitrogens with zero attached hydrogens (tertiary/aromatic N) is 2. The molecule has 1 heterocycles. The van der Waals surface area contributed by atoms with E-state index in [0.29, 0.717) is 18.0 Å². The number of hydrogen-bond acceptors (Lipinski definition) is 6. The molecule has 0 spiro atoms. The largest absolute Gasteiger partial charge is 0.454 e. The van der Waals surface area contributed by atoms with Gasteiger partial charge in [-0.3, -0.25) is 13.9 Å². The summed E-state index contributed by atoms with van der Waals surface area (Å²) in [6, 6.07) is 11.3. The molecule has 9 nitrogen and oxygen atoms in total. The molecule has 34 heavy (non-hydrogen) atoms. The number of rotatable bonds is 10. The smallest absolute Gasteiger partial charge is 0.244 e. The molecule has 0 radical (unpaired) electrons. The van der Waals surface area contributed by atoms with Crippen LogP contribution in [0.5, 0.6) is 11.5 Å². The number of carbonyl (C=O) groups is 2. The van der Waals surface area contributed by atoms with Gasteiger partial charge in [0.1, 0.15) is 12.6 Å². The lowest BCUT2D eigenvalue weighted by Gasteiger charge is -2.31. The molecule has 3 rings (SSSR count). The van der Waals surface area contributed by atoms with Gasteiger partial charge in [-0.2, -0.15) is 0 Å². The molecule has 0 saturated heterocycles. The van der Waals surface area contributed by atoms with Crippen LogP contribution >= 0.6 is 15.9 Å². The van der Waals surface area contributed by atoms with Crippen LogP contribution in [0, 0.1) is 0 Å². The maximum absolute atomic E-state index is 13.5. The summed E-state index contributed by atoms with van der Waals surface area (Å²) in [5, 5.41) is 2.73. The summed E-state index contributed by atoms with van der Waals surface area (Å²) in [5.74, 6) is -0.119. The van der Waals surface area contributed by atoms with E-state index in [1.165, 1.54) is 17.9 Å². The van der Waals surface area contributed by atoms with Crippen molar-refractivity contribution in [1.82, 2.24) is 10.2 Å². The van der Waals surface area contributed by atoms with Crippen molar-refractivity contribution in [3.8, 4) is 11.5 Å². The molecule has 184 valence electrons. The Morgan fingerprint density at radius 3 is 2.53 bits per heavy atom. The number of anilines is 1. The van der Waals surface area contributed by atoms with E-state index in [1.54, 1.807) is 26.0 Å². The van der Waals surface area contributed by atoms with Crippen molar-refractivity contribution < 1.29 is 27.5 Å². The first-order valence-corrected chi connectivity index (χ1v) is 13.3. The minimum atomic E-state index is -3.81. The highest BCUT2D eigenvalue weighted by molar-refractivity contribution is 9.10. The fraction of sp³-hybridized carbons (Fsp3) is 0.391. The Morgan fingerprint density at radius 2 is 1.85 bits per heavy atom. The molecule has 1 aliphatic rings. The SMILES string of the molecule is CCNC(=O)C(C)N(Cc1cccc(Br)c1)C(=O)CN(c1ccc2c(c1)OCO2)S(=O)(=O)CC. The van der Waals surface area contributed by atoms with E-state index in [9.17, 15) is 18.0 Å². The third-order valence-electron chi connectivity index (χ3n) is 5.38. The zero-order valence-electron chi connectivity index (χ0n) is 19.3. The number of ether oxygens (including phenoxy) is 2. The Kier molecular flexibility index (Phi) is 8.42. The third-order valence-corrected chi connectivity index (χ3v) is 7.62. The van der Waals surface area contributed by atoms with Crippen LogP contribution in [0.1, 0.15) is 26.3 Å². The van der Waals surface area contributed by atoms with Crippen molar-refractivity contribution in [2.75, 3.05) is 29.9 Å². The van der Waals surface area contributed by atoms with E-state index in [0.717, 1.165) is 14.3 Å². The molecule has 0 saturated carbocycles. The molecule has 0 fully saturated rings. The average Bonchev–Trinajstić information content (AvgIpc) is 3.28. The molecule has 1 aliphatic heterocycles. The second-order valence-electron chi connectivity index (χ2n) is 7.67. The van der Waals surface area contributed by atoms with Crippen molar-refractivity contribution in [1.29, 1.82) is 0 Å². The summed E-state index contributed by atoms with van der Waals surface area (Å²) in [6.45, 7) is 5.06. The van der Waals surface area contributed by atoms with E-state index in [-0.39, 0.29) is 30.7 Å². The maximum atomic E-state index is 13.5. The predicted molar refractivity (Wildman–Crippen MR) is 132 cm³/mol. The van der Waals surface area contributed by atoms with Crippen LogP contribution in [0.15, 0.2) is 46.9 Å². The van der Waals surface area contributed by atoms with E-state index >= 15 is 0 Å². The van der Waals surface area contributed by atoms with Crippen molar-refractivity contribution in [3.05, 3.63) is 52.5 Å². The zero-order valence-corrected chi connectivity index (χ0v) is 21.7. The molecule has 2 aromatic carbocycles. The molecule has 2 aromatic rings. The minimum Gasteiger partial charge on any atom is -0.454 e. The first-order chi connectivity index (χ1) is 16.2. The standard InChI is InChI=1S/C23H28BrN3O6S/c1-4-25-23(29)16(3)26(13-17-7-6-8-18(24)11-17)22(28)14-27(34(30,31)5-2)19-9-10-20-21(12-19)33-15-32-20/h6-12,16H,4-5,13-15H2,1-3H3,(H,25,29). The Bertz CT molecular complexity index is 1160. The normalized spacial score (nSPS) is 13.3. The van der Waals surface area contributed by atoms with Gasteiger partial charge in [-0.05, 0) is 50.6 Å². The molecular weight excluding hydrogens is 526 g/mol. The predicted octanol–water partition coefficient (Wildman–Crippen LogP) is 2.89.